The molecule has 6 heteroatoms. The molecule has 20 heavy (non-hydrogen) atoms. The van der Waals surface area contributed by atoms with Gasteiger partial charge in [-0.15, -0.1) is 12.4 Å². The minimum absolute atomic E-state index is 0. The molecule has 3 N–H and O–H groups in total. The van der Waals surface area contributed by atoms with Crippen LogP contribution < -0.4 is 16.0 Å². The van der Waals surface area contributed by atoms with Gasteiger partial charge >= 0.3 is 0 Å². The van der Waals surface area contributed by atoms with Gasteiger partial charge in [-0.1, -0.05) is 19.4 Å². The number of pyridine rings is 1. The molecule has 0 aliphatic rings. The van der Waals surface area contributed by atoms with Crippen molar-refractivity contribution in [3.63, 3.8) is 0 Å². The summed E-state index contributed by atoms with van der Waals surface area (Å²) in [7, 11) is 3.86. The molecule has 0 aromatic carbocycles. The van der Waals surface area contributed by atoms with Crippen LogP contribution in [0.15, 0.2) is 18.3 Å². The van der Waals surface area contributed by atoms with E-state index in [4.69, 9.17) is 5.73 Å². The summed E-state index contributed by atoms with van der Waals surface area (Å²) in [5, 5.41) is 2.89. The molecule has 0 saturated carbocycles. The summed E-state index contributed by atoms with van der Waals surface area (Å²) in [6, 6.07) is 3.82. The highest BCUT2D eigenvalue weighted by Crippen LogP contribution is 2.15. The van der Waals surface area contributed by atoms with Gasteiger partial charge < -0.3 is 16.0 Å². The van der Waals surface area contributed by atoms with Gasteiger partial charge in [-0.2, -0.15) is 0 Å². The number of amides is 1. The zero-order chi connectivity index (χ0) is 14.5. The van der Waals surface area contributed by atoms with Gasteiger partial charge in [-0.3, -0.25) is 4.79 Å². The Morgan fingerprint density at radius 3 is 2.70 bits per heavy atom. The molecule has 0 saturated heterocycles. The van der Waals surface area contributed by atoms with Crippen LogP contribution in [0.25, 0.3) is 0 Å². The van der Waals surface area contributed by atoms with Gasteiger partial charge in [0.15, 0.2) is 0 Å². The maximum absolute atomic E-state index is 12.0. The smallest absolute Gasteiger partial charge is 0.240 e. The van der Waals surface area contributed by atoms with Gasteiger partial charge in [0.1, 0.15) is 5.82 Å². The van der Waals surface area contributed by atoms with Crippen molar-refractivity contribution in [1.82, 2.24) is 10.3 Å². The Morgan fingerprint density at radius 2 is 2.15 bits per heavy atom. The third-order valence-electron chi connectivity index (χ3n) is 3.02. The number of hydrogen-bond acceptors (Lipinski definition) is 4. The van der Waals surface area contributed by atoms with Crippen LogP contribution in [0.1, 0.15) is 32.3 Å². The van der Waals surface area contributed by atoms with E-state index in [1.165, 1.54) is 0 Å². The number of carbonyl (C=O) groups is 1. The lowest BCUT2D eigenvalue weighted by atomic mass is 9.96. The summed E-state index contributed by atoms with van der Waals surface area (Å²) < 4.78 is 0. The summed E-state index contributed by atoms with van der Waals surface area (Å²) in [6.45, 7) is 4.22. The number of rotatable bonds is 6. The average molecular weight is 301 g/mol. The first kappa shape index (κ1) is 18.7. The van der Waals surface area contributed by atoms with Gasteiger partial charge in [0.2, 0.25) is 5.91 Å². The topological polar surface area (TPSA) is 71.2 Å². The molecular weight excluding hydrogens is 276 g/mol. The Labute approximate surface area is 127 Å². The van der Waals surface area contributed by atoms with E-state index >= 15 is 0 Å². The molecule has 0 spiro atoms. The van der Waals surface area contributed by atoms with E-state index in [-0.39, 0.29) is 18.3 Å². The van der Waals surface area contributed by atoms with Crippen molar-refractivity contribution in [2.24, 2.45) is 5.73 Å². The number of anilines is 1. The van der Waals surface area contributed by atoms with Gasteiger partial charge in [0, 0.05) is 32.4 Å². The molecule has 0 aliphatic heterocycles. The van der Waals surface area contributed by atoms with E-state index in [0.717, 1.165) is 17.8 Å². The largest absolute Gasteiger partial charge is 0.362 e. The van der Waals surface area contributed by atoms with E-state index in [1.807, 2.05) is 38.1 Å². The second-order valence-electron chi connectivity index (χ2n) is 5.23. The fourth-order valence-electron chi connectivity index (χ4n) is 1.98. The lowest BCUT2D eigenvalue weighted by Crippen LogP contribution is -2.51. The number of nitrogens with two attached hydrogens (primary N) is 1. The highest BCUT2D eigenvalue weighted by molar-refractivity contribution is 5.85. The normalized spacial score (nSPS) is 13.1. The molecule has 0 fully saturated rings. The van der Waals surface area contributed by atoms with E-state index in [9.17, 15) is 4.79 Å². The summed E-state index contributed by atoms with van der Waals surface area (Å²) in [5.41, 5.74) is 6.16. The van der Waals surface area contributed by atoms with Crippen LogP contribution in [0.2, 0.25) is 0 Å². The summed E-state index contributed by atoms with van der Waals surface area (Å²) in [5.74, 6) is 0.736. The number of hydrogen-bond donors (Lipinski definition) is 2. The fraction of sp³-hybridized carbons (Fsp3) is 0.571. The number of carbonyl (C=O) groups excluding carboxylic acids is 1. The van der Waals surface area contributed by atoms with Crippen LogP contribution in [-0.4, -0.2) is 30.5 Å². The van der Waals surface area contributed by atoms with Crippen molar-refractivity contribution < 1.29 is 4.79 Å². The van der Waals surface area contributed by atoms with E-state index < -0.39 is 5.54 Å². The predicted molar refractivity (Wildman–Crippen MR) is 85.2 cm³/mol. The molecule has 0 aliphatic carbocycles. The SMILES string of the molecule is CCCC(C)(N)C(=O)NCc1cccnc1N(C)C.Cl. The summed E-state index contributed by atoms with van der Waals surface area (Å²) >= 11 is 0. The fourth-order valence-corrected chi connectivity index (χ4v) is 1.98. The van der Waals surface area contributed by atoms with Gasteiger partial charge in [0.25, 0.3) is 0 Å². The zero-order valence-corrected chi connectivity index (χ0v) is 13.5. The number of nitrogens with one attached hydrogen (secondary N) is 1. The van der Waals surface area contributed by atoms with E-state index in [0.29, 0.717) is 13.0 Å². The van der Waals surface area contributed by atoms with Crippen LogP contribution >= 0.6 is 12.4 Å². The van der Waals surface area contributed by atoms with Crippen LogP contribution in [0.4, 0.5) is 5.82 Å². The third kappa shape index (κ3) is 4.98. The molecule has 0 radical (unpaired) electrons. The molecule has 1 rings (SSSR count). The Bertz CT molecular complexity index is 435. The quantitative estimate of drug-likeness (QED) is 0.839. The number of nitrogens with zero attached hydrogens (tertiary/aromatic N) is 2. The van der Waals surface area contributed by atoms with Crippen LogP contribution in [0.3, 0.4) is 0 Å². The van der Waals surface area contributed by atoms with Crippen molar-refractivity contribution in [3.8, 4) is 0 Å². The third-order valence-corrected chi connectivity index (χ3v) is 3.02. The van der Waals surface area contributed by atoms with Crippen molar-refractivity contribution in [2.45, 2.75) is 38.8 Å². The molecule has 1 aromatic heterocycles. The standard InChI is InChI=1S/C14H24N4O.ClH/c1-5-8-14(2,15)13(19)17-10-11-7-6-9-16-12(11)18(3)4;/h6-7,9H,5,8,10,15H2,1-4H3,(H,17,19);1H. The molecule has 1 unspecified atom stereocenters. The van der Waals surface area contributed by atoms with Crippen molar-refractivity contribution in [2.75, 3.05) is 19.0 Å². The first-order valence-electron chi connectivity index (χ1n) is 6.57. The first-order chi connectivity index (χ1) is 8.88. The number of halogens is 1. The summed E-state index contributed by atoms with van der Waals surface area (Å²) in [6.07, 6.45) is 3.30. The average Bonchev–Trinajstić information content (AvgIpc) is 2.36. The number of aromatic nitrogens is 1. The summed E-state index contributed by atoms with van der Waals surface area (Å²) in [4.78, 5) is 18.3. The monoisotopic (exact) mass is 300 g/mol. The van der Waals surface area contributed by atoms with Gasteiger partial charge in [0.05, 0.1) is 5.54 Å². The maximum atomic E-state index is 12.0. The predicted octanol–water partition coefficient (Wildman–Crippen LogP) is 1.70. The lowest BCUT2D eigenvalue weighted by Gasteiger charge is -2.23. The van der Waals surface area contributed by atoms with Gasteiger partial charge in [-0.05, 0) is 19.4 Å². The van der Waals surface area contributed by atoms with Gasteiger partial charge in [-0.25, -0.2) is 4.98 Å². The lowest BCUT2D eigenvalue weighted by molar-refractivity contribution is -0.126. The van der Waals surface area contributed by atoms with Crippen LogP contribution in [-0.2, 0) is 11.3 Å². The molecule has 0 bridgehead atoms. The Kier molecular flexibility index (Phi) is 7.53. The molecule has 1 heterocycles. The Hall–Kier alpha value is -1.33. The maximum Gasteiger partial charge on any atom is 0.240 e. The molecule has 5 nitrogen and oxygen atoms in total. The van der Waals surface area contributed by atoms with Crippen molar-refractivity contribution in [1.29, 1.82) is 0 Å². The second kappa shape index (κ2) is 8.07. The van der Waals surface area contributed by atoms with E-state index in [2.05, 4.69) is 10.3 Å². The van der Waals surface area contributed by atoms with Crippen LogP contribution in [0, 0.1) is 0 Å². The highest BCUT2D eigenvalue weighted by atomic mass is 35.5. The Balaban J connectivity index is 0.00000361. The Morgan fingerprint density at radius 1 is 1.50 bits per heavy atom. The molecule has 114 valence electrons. The minimum Gasteiger partial charge on any atom is -0.362 e. The first-order valence-corrected chi connectivity index (χ1v) is 6.57. The molecular formula is C14H25ClN4O. The van der Waals surface area contributed by atoms with E-state index in [1.54, 1.807) is 13.1 Å². The zero-order valence-electron chi connectivity index (χ0n) is 12.6. The molecule has 1 amide bonds. The second-order valence-corrected chi connectivity index (χ2v) is 5.23. The van der Waals surface area contributed by atoms with Crippen LogP contribution in [0.5, 0.6) is 0 Å². The van der Waals surface area contributed by atoms with Crippen molar-refractivity contribution in [3.05, 3.63) is 23.9 Å². The highest BCUT2D eigenvalue weighted by Gasteiger charge is 2.26. The molecule has 1 atom stereocenters. The minimum atomic E-state index is -0.810. The van der Waals surface area contributed by atoms with Crippen molar-refractivity contribution >= 4 is 24.1 Å². The molecule has 1 aromatic rings.